The zero-order chi connectivity index (χ0) is 41.9. The molecule has 0 saturated heterocycles. The molecular weight excluding hydrogens is 746 g/mol. The Hall–Kier alpha value is -7.03. The minimum Gasteiger partial charge on any atom is -0.311 e. The van der Waals surface area contributed by atoms with Gasteiger partial charge in [0.1, 0.15) is 0 Å². The van der Waals surface area contributed by atoms with Gasteiger partial charge in [0.25, 0.3) is 0 Å². The number of fused-ring (bicyclic) bond motifs is 8. The SMILES string of the molecule is Cc1cc(C)c2c3c(c4cc(C(C)(C)C)cc5c6c(c1c2c45)B(c1ccccc1)c1ccccc1N6c1ccccc1)B(c1ccccc1)c1ccccc1N3c1ccccc1. The van der Waals surface area contributed by atoms with Crippen molar-refractivity contribution in [3.05, 3.63) is 205 Å². The van der Waals surface area contributed by atoms with Gasteiger partial charge in [-0.2, -0.15) is 0 Å². The fourth-order valence-corrected chi connectivity index (χ4v) is 11.3. The van der Waals surface area contributed by atoms with Crippen LogP contribution in [-0.2, 0) is 5.41 Å². The molecule has 10 aromatic carbocycles. The Morgan fingerprint density at radius 2 is 0.823 bits per heavy atom. The van der Waals surface area contributed by atoms with Crippen LogP contribution in [-0.4, -0.2) is 13.4 Å². The number of nitrogens with zero attached hydrogens (tertiary/aromatic N) is 2. The lowest BCUT2D eigenvalue weighted by Gasteiger charge is -2.42. The highest BCUT2D eigenvalue weighted by atomic mass is 15.2. The van der Waals surface area contributed by atoms with Gasteiger partial charge in [0.05, 0.1) is 5.69 Å². The highest BCUT2D eigenvalue weighted by Crippen LogP contribution is 2.52. The minimum absolute atomic E-state index is 0.00346. The smallest absolute Gasteiger partial charge is 0.247 e. The predicted octanol–water partition coefficient (Wildman–Crippen LogP) is 11.1. The summed E-state index contributed by atoms with van der Waals surface area (Å²) in [6.07, 6.45) is 0. The molecule has 0 saturated carbocycles. The molecular formula is C58H46B2N2. The summed E-state index contributed by atoms with van der Waals surface area (Å²) in [6, 6.07) is 70.6. The molecule has 294 valence electrons. The molecule has 0 N–H and O–H groups in total. The Bertz CT molecular complexity index is 3150. The molecule has 0 radical (unpaired) electrons. The largest absolute Gasteiger partial charge is 0.311 e. The number of hydrogen-bond acceptors (Lipinski definition) is 2. The molecule has 0 aromatic heterocycles. The van der Waals surface area contributed by atoms with E-state index in [1.54, 1.807) is 0 Å². The Kier molecular flexibility index (Phi) is 8.16. The first-order chi connectivity index (χ1) is 30.3. The zero-order valence-corrected chi connectivity index (χ0v) is 35.9. The van der Waals surface area contributed by atoms with Crippen molar-refractivity contribution in [2.24, 2.45) is 0 Å². The molecule has 2 nitrogen and oxygen atoms in total. The highest BCUT2D eigenvalue weighted by molar-refractivity contribution is 7.01. The molecule has 4 heteroatoms. The van der Waals surface area contributed by atoms with Crippen LogP contribution in [0.1, 0.15) is 37.5 Å². The van der Waals surface area contributed by atoms with Crippen molar-refractivity contribution in [2.75, 3.05) is 9.80 Å². The number of aryl methyl sites for hydroxylation is 2. The number of benzene rings is 10. The van der Waals surface area contributed by atoms with Gasteiger partial charge in [-0.25, -0.2) is 0 Å². The maximum absolute atomic E-state index is 2.60. The van der Waals surface area contributed by atoms with Crippen LogP contribution in [0.4, 0.5) is 34.1 Å². The van der Waals surface area contributed by atoms with E-state index in [1.165, 1.54) is 116 Å². The minimum atomic E-state index is -0.132. The van der Waals surface area contributed by atoms with Crippen LogP contribution in [0.5, 0.6) is 0 Å². The van der Waals surface area contributed by atoms with E-state index in [1.807, 2.05) is 0 Å². The van der Waals surface area contributed by atoms with Crippen LogP contribution in [0.3, 0.4) is 0 Å². The summed E-state index contributed by atoms with van der Waals surface area (Å²) < 4.78 is 0. The van der Waals surface area contributed by atoms with E-state index < -0.39 is 0 Å². The van der Waals surface area contributed by atoms with Gasteiger partial charge in [-0.3, -0.25) is 0 Å². The molecule has 0 atom stereocenters. The van der Waals surface area contributed by atoms with Gasteiger partial charge in [-0.05, 0) is 122 Å². The first-order valence-electron chi connectivity index (χ1n) is 22.1. The maximum atomic E-state index is 2.60. The van der Waals surface area contributed by atoms with Crippen LogP contribution in [0, 0.1) is 13.8 Å². The molecule has 62 heavy (non-hydrogen) atoms. The summed E-state index contributed by atoms with van der Waals surface area (Å²) in [5, 5.41) is 8.06. The van der Waals surface area contributed by atoms with Crippen molar-refractivity contribution in [1.82, 2.24) is 0 Å². The predicted molar refractivity (Wildman–Crippen MR) is 270 cm³/mol. The van der Waals surface area contributed by atoms with E-state index in [9.17, 15) is 0 Å². The normalized spacial score (nSPS) is 13.4. The molecule has 10 aromatic rings. The lowest BCUT2D eigenvalue weighted by atomic mass is 9.33. The van der Waals surface area contributed by atoms with E-state index in [0.29, 0.717) is 0 Å². The van der Waals surface area contributed by atoms with E-state index in [-0.39, 0.29) is 18.8 Å². The van der Waals surface area contributed by atoms with Crippen LogP contribution in [0.25, 0.3) is 32.3 Å². The van der Waals surface area contributed by atoms with E-state index in [4.69, 9.17) is 0 Å². The fraction of sp³-hybridized carbons (Fsp3) is 0.103. The van der Waals surface area contributed by atoms with Crippen molar-refractivity contribution in [2.45, 2.75) is 40.0 Å². The molecule has 2 aliphatic heterocycles. The van der Waals surface area contributed by atoms with Gasteiger partial charge >= 0.3 is 0 Å². The zero-order valence-electron chi connectivity index (χ0n) is 35.9. The standard InChI is InChI=1S/C58H46B2N2/c1-37-34-38(2)51-53-50(37)55-56(61(42-26-14-8-15-27-42)48-32-20-19-31-47(48)60(55)41-24-12-7-13-25-41)45-36-39(58(3,4)5)35-44(52(45)53)54-57(51)62(43-28-16-9-17-29-43)49-33-21-18-30-46(49)59(54)40-22-10-6-11-23-40/h6-36H,1-5H3. The molecule has 0 spiro atoms. The van der Waals surface area contributed by atoms with Gasteiger partial charge in [0.15, 0.2) is 0 Å². The topological polar surface area (TPSA) is 6.48 Å². The third-order valence-corrected chi connectivity index (χ3v) is 13.8. The van der Waals surface area contributed by atoms with Crippen molar-refractivity contribution in [3.8, 4) is 0 Å². The average Bonchev–Trinajstić information content (AvgIpc) is 3.30. The molecule has 2 heterocycles. The quantitative estimate of drug-likeness (QED) is 0.129. The Morgan fingerprint density at radius 1 is 0.387 bits per heavy atom. The Labute approximate surface area is 365 Å². The fourth-order valence-electron chi connectivity index (χ4n) is 11.3. The van der Waals surface area contributed by atoms with Crippen molar-refractivity contribution in [1.29, 1.82) is 0 Å². The summed E-state index contributed by atoms with van der Waals surface area (Å²) >= 11 is 0. The highest BCUT2D eigenvalue weighted by Gasteiger charge is 2.43. The second-order valence-electron chi connectivity index (χ2n) is 18.5. The van der Waals surface area contributed by atoms with Crippen molar-refractivity contribution in [3.63, 3.8) is 0 Å². The van der Waals surface area contributed by atoms with E-state index >= 15 is 0 Å². The summed E-state index contributed by atoms with van der Waals surface area (Å²) in [6.45, 7) is 11.9. The second kappa shape index (κ2) is 13.7. The molecule has 0 bridgehead atoms. The third-order valence-electron chi connectivity index (χ3n) is 13.8. The first kappa shape index (κ1) is 36.8. The van der Waals surface area contributed by atoms with Gasteiger partial charge in [-0.15, -0.1) is 0 Å². The van der Waals surface area contributed by atoms with Crippen molar-refractivity contribution >= 4 is 113 Å². The van der Waals surface area contributed by atoms with Crippen LogP contribution in [0.2, 0.25) is 0 Å². The van der Waals surface area contributed by atoms with Gasteiger partial charge in [-0.1, -0.05) is 177 Å². The van der Waals surface area contributed by atoms with Gasteiger partial charge < -0.3 is 9.80 Å². The molecule has 0 aliphatic carbocycles. The van der Waals surface area contributed by atoms with Crippen molar-refractivity contribution < 1.29 is 0 Å². The van der Waals surface area contributed by atoms with Gasteiger partial charge in [0, 0.05) is 39.2 Å². The lowest BCUT2D eigenvalue weighted by molar-refractivity contribution is 0.592. The summed E-state index contributed by atoms with van der Waals surface area (Å²) in [5.74, 6) is 0. The maximum Gasteiger partial charge on any atom is 0.247 e. The van der Waals surface area contributed by atoms with Gasteiger partial charge in [0.2, 0.25) is 13.4 Å². The number of para-hydroxylation sites is 4. The summed E-state index contributed by atoms with van der Waals surface area (Å²) in [7, 11) is 0. The van der Waals surface area contributed by atoms with E-state index in [0.717, 1.165) is 0 Å². The molecule has 12 rings (SSSR count). The van der Waals surface area contributed by atoms with Crippen LogP contribution < -0.4 is 42.6 Å². The van der Waals surface area contributed by atoms with Crippen LogP contribution >= 0.6 is 0 Å². The number of rotatable bonds is 4. The molecule has 0 unspecified atom stereocenters. The molecule has 0 fully saturated rings. The Morgan fingerprint density at radius 3 is 1.35 bits per heavy atom. The lowest BCUT2D eigenvalue weighted by Crippen LogP contribution is -2.58. The second-order valence-corrected chi connectivity index (χ2v) is 18.5. The summed E-state index contributed by atoms with van der Waals surface area (Å²) in [5.41, 5.74) is 19.2. The number of hydrogen-bond donors (Lipinski definition) is 0. The molecule has 0 amide bonds. The monoisotopic (exact) mass is 792 g/mol. The average molecular weight is 793 g/mol. The third kappa shape index (κ3) is 5.26. The van der Waals surface area contributed by atoms with E-state index in [2.05, 4.69) is 232 Å². The first-order valence-corrected chi connectivity index (χ1v) is 22.1. The number of anilines is 6. The molecule has 2 aliphatic rings. The summed E-state index contributed by atoms with van der Waals surface area (Å²) in [4.78, 5) is 5.19. The Balaban J connectivity index is 1.38. The van der Waals surface area contributed by atoms with Crippen LogP contribution in [0.15, 0.2) is 188 Å².